The van der Waals surface area contributed by atoms with Crippen molar-refractivity contribution in [2.75, 3.05) is 33.5 Å². The minimum absolute atomic E-state index is 0.00459. The predicted octanol–water partition coefficient (Wildman–Crippen LogP) is 3.18. The summed E-state index contributed by atoms with van der Waals surface area (Å²) in [5.74, 6) is -0.710. The molecule has 2 aromatic rings. The maximum atomic E-state index is 12.9. The van der Waals surface area contributed by atoms with E-state index in [0.29, 0.717) is 40.9 Å². The average Bonchev–Trinajstić information content (AvgIpc) is 3.01. The highest BCUT2D eigenvalue weighted by Gasteiger charge is 2.46. The number of amides is 1. The summed E-state index contributed by atoms with van der Waals surface area (Å²) in [4.78, 5) is 27.1. The largest absolute Gasteiger partial charge is 0.507 e. The summed E-state index contributed by atoms with van der Waals surface area (Å²) in [6, 6.07) is 11.0. The molecule has 1 amide bonds. The second kappa shape index (κ2) is 8.38. The Balaban J connectivity index is 1.84. The Hall–Kier alpha value is -3.03. The van der Waals surface area contributed by atoms with Crippen LogP contribution in [0.3, 0.4) is 0 Å². The number of carbonyl (C=O) groups excluding carboxylic acids is 2. The van der Waals surface area contributed by atoms with E-state index in [4.69, 9.17) is 25.8 Å². The van der Waals surface area contributed by atoms with Gasteiger partial charge in [0.25, 0.3) is 11.7 Å². The van der Waals surface area contributed by atoms with Gasteiger partial charge in [0.1, 0.15) is 19.0 Å². The van der Waals surface area contributed by atoms with Crippen molar-refractivity contribution in [2.45, 2.75) is 6.04 Å². The number of aliphatic hydroxyl groups is 1. The second-order valence-corrected chi connectivity index (χ2v) is 7.34. The summed E-state index contributed by atoms with van der Waals surface area (Å²) in [7, 11) is 1.51. The van der Waals surface area contributed by atoms with Crippen LogP contribution in [0.25, 0.3) is 5.76 Å². The monoisotopic (exact) mass is 429 g/mol. The maximum Gasteiger partial charge on any atom is 0.295 e. The SMILES string of the molecule is COCCN1C(=O)C(=O)/C(=C(/O)c2ccc3c(c2)OCCO3)C1c1cccc(Cl)c1. The fraction of sp³-hybridized carbons (Fsp3) is 0.273. The molecule has 0 spiro atoms. The van der Waals surface area contributed by atoms with E-state index >= 15 is 0 Å². The number of rotatable bonds is 5. The van der Waals surface area contributed by atoms with Gasteiger partial charge in [-0.3, -0.25) is 9.59 Å². The van der Waals surface area contributed by atoms with Crippen molar-refractivity contribution < 1.29 is 28.9 Å². The lowest BCUT2D eigenvalue weighted by atomic mass is 9.95. The normalized spacial score (nSPS) is 19.9. The Kier molecular flexibility index (Phi) is 5.65. The maximum absolute atomic E-state index is 12.9. The summed E-state index contributed by atoms with van der Waals surface area (Å²) in [6.45, 7) is 1.27. The predicted molar refractivity (Wildman–Crippen MR) is 110 cm³/mol. The van der Waals surface area contributed by atoms with Gasteiger partial charge >= 0.3 is 0 Å². The Morgan fingerprint density at radius 2 is 1.93 bits per heavy atom. The number of ketones is 1. The minimum atomic E-state index is -0.785. The zero-order chi connectivity index (χ0) is 21.3. The number of methoxy groups -OCH3 is 1. The van der Waals surface area contributed by atoms with Gasteiger partial charge in [0, 0.05) is 24.2 Å². The fourth-order valence-corrected chi connectivity index (χ4v) is 3.87. The average molecular weight is 430 g/mol. The number of likely N-dealkylation sites (tertiary alicyclic amines) is 1. The lowest BCUT2D eigenvalue weighted by Gasteiger charge is -2.25. The lowest BCUT2D eigenvalue weighted by Crippen LogP contribution is -2.32. The molecule has 1 atom stereocenters. The van der Waals surface area contributed by atoms with Gasteiger partial charge in [-0.05, 0) is 35.9 Å². The third kappa shape index (κ3) is 3.62. The van der Waals surface area contributed by atoms with E-state index in [1.54, 1.807) is 42.5 Å². The molecule has 1 unspecified atom stereocenters. The zero-order valence-electron chi connectivity index (χ0n) is 16.3. The van der Waals surface area contributed by atoms with E-state index in [1.807, 2.05) is 0 Å². The summed E-state index contributed by atoms with van der Waals surface area (Å²) < 4.78 is 16.2. The highest BCUT2D eigenvalue weighted by Crippen LogP contribution is 2.41. The Morgan fingerprint density at radius 1 is 1.17 bits per heavy atom. The van der Waals surface area contributed by atoms with E-state index < -0.39 is 17.7 Å². The van der Waals surface area contributed by atoms with E-state index in [-0.39, 0.29) is 24.5 Å². The van der Waals surface area contributed by atoms with Gasteiger partial charge in [-0.15, -0.1) is 0 Å². The van der Waals surface area contributed by atoms with E-state index in [2.05, 4.69) is 0 Å². The van der Waals surface area contributed by atoms with Crippen molar-refractivity contribution in [1.29, 1.82) is 0 Å². The number of ether oxygens (including phenoxy) is 3. The van der Waals surface area contributed by atoms with Gasteiger partial charge in [0.2, 0.25) is 0 Å². The second-order valence-electron chi connectivity index (χ2n) is 6.90. The third-order valence-electron chi connectivity index (χ3n) is 5.06. The summed E-state index contributed by atoms with van der Waals surface area (Å²) >= 11 is 6.15. The fourth-order valence-electron chi connectivity index (χ4n) is 3.67. The highest BCUT2D eigenvalue weighted by atomic mass is 35.5. The number of Topliss-reactive ketones (excluding diaryl/α,β-unsaturated/α-hetero) is 1. The zero-order valence-corrected chi connectivity index (χ0v) is 17.0. The van der Waals surface area contributed by atoms with Crippen molar-refractivity contribution in [3.05, 3.63) is 64.2 Å². The Labute approximate surface area is 178 Å². The number of benzene rings is 2. The van der Waals surface area contributed by atoms with Gasteiger partial charge < -0.3 is 24.2 Å². The molecule has 0 aliphatic carbocycles. The van der Waals surface area contributed by atoms with Gasteiger partial charge in [-0.1, -0.05) is 23.7 Å². The summed E-state index contributed by atoms with van der Waals surface area (Å²) in [5.41, 5.74) is 0.975. The molecule has 30 heavy (non-hydrogen) atoms. The topological polar surface area (TPSA) is 85.3 Å². The molecule has 1 N–H and O–H groups in total. The number of halogens is 1. The first-order valence-electron chi connectivity index (χ1n) is 9.44. The smallest absolute Gasteiger partial charge is 0.295 e. The van der Waals surface area contributed by atoms with Gasteiger partial charge in [-0.25, -0.2) is 0 Å². The molecule has 0 bridgehead atoms. The van der Waals surface area contributed by atoms with E-state index in [1.165, 1.54) is 12.0 Å². The van der Waals surface area contributed by atoms with Crippen molar-refractivity contribution in [2.24, 2.45) is 0 Å². The van der Waals surface area contributed by atoms with Crippen LogP contribution in [0.2, 0.25) is 5.02 Å². The first kappa shape index (κ1) is 20.3. The molecule has 4 rings (SSSR count). The molecule has 0 aromatic heterocycles. The first-order chi connectivity index (χ1) is 14.5. The minimum Gasteiger partial charge on any atom is -0.507 e. The third-order valence-corrected chi connectivity index (χ3v) is 5.29. The van der Waals surface area contributed by atoms with Crippen LogP contribution in [0, 0.1) is 0 Å². The van der Waals surface area contributed by atoms with Crippen LogP contribution < -0.4 is 9.47 Å². The lowest BCUT2D eigenvalue weighted by molar-refractivity contribution is -0.140. The number of hydrogen-bond donors (Lipinski definition) is 1. The van der Waals surface area contributed by atoms with Crippen LogP contribution in [0.15, 0.2) is 48.0 Å². The Morgan fingerprint density at radius 3 is 2.67 bits per heavy atom. The molecule has 0 saturated carbocycles. The molecule has 1 fully saturated rings. The molecule has 2 heterocycles. The van der Waals surface area contributed by atoms with Gasteiger partial charge in [-0.2, -0.15) is 0 Å². The first-order valence-corrected chi connectivity index (χ1v) is 9.82. The van der Waals surface area contributed by atoms with Gasteiger partial charge in [0.15, 0.2) is 11.5 Å². The van der Waals surface area contributed by atoms with Crippen LogP contribution in [-0.4, -0.2) is 55.2 Å². The molecule has 0 radical (unpaired) electrons. The number of aliphatic hydroxyl groups excluding tert-OH is 1. The van der Waals surface area contributed by atoms with Crippen LogP contribution in [-0.2, 0) is 14.3 Å². The summed E-state index contributed by atoms with van der Waals surface area (Å²) in [5, 5.41) is 11.5. The molecule has 8 heteroatoms. The number of nitrogens with zero attached hydrogens (tertiary/aromatic N) is 1. The van der Waals surface area contributed by atoms with E-state index in [0.717, 1.165) is 0 Å². The van der Waals surface area contributed by atoms with Crippen LogP contribution in [0.4, 0.5) is 0 Å². The number of hydrogen-bond acceptors (Lipinski definition) is 6. The molecule has 1 saturated heterocycles. The molecule has 2 aliphatic heterocycles. The van der Waals surface area contributed by atoms with E-state index in [9.17, 15) is 14.7 Å². The highest BCUT2D eigenvalue weighted by molar-refractivity contribution is 6.46. The van der Waals surface area contributed by atoms with Crippen LogP contribution in [0.5, 0.6) is 11.5 Å². The molecule has 7 nitrogen and oxygen atoms in total. The molecular weight excluding hydrogens is 410 g/mol. The molecule has 156 valence electrons. The van der Waals surface area contributed by atoms with Crippen molar-refractivity contribution in [3.8, 4) is 11.5 Å². The quantitative estimate of drug-likeness (QED) is 0.446. The van der Waals surface area contributed by atoms with Crippen LogP contribution >= 0.6 is 11.6 Å². The van der Waals surface area contributed by atoms with Crippen molar-refractivity contribution in [1.82, 2.24) is 4.90 Å². The molecule has 2 aliphatic rings. The van der Waals surface area contributed by atoms with Gasteiger partial charge in [0.05, 0.1) is 18.2 Å². The number of carbonyl (C=O) groups is 2. The standard InChI is InChI=1S/C22H20ClNO6/c1-28-8-7-24-19(13-3-2-4-15(23)11-13)18(21(26)22(24)27)20(25)14-5-6-16-17(12-14)30-10-9-29-16/h2-6,11-12,19,25H,7-10H2,1H3/b20-18+. The van der Waals surface area contributed by atoms with Crippen molar-refractivity contribution in [3.63, 3.8) is 0 Å². The molecular formula is C22H20ClNO6. The molecule has 2 aromatic carbocycles. The van der Waals surface area contributed by atoms with Crippen LogP contribution in [0.1, 0.15) is 17.2 Å². The summed E-state index contributed by atoms with van der Waals surface area (Å²) in [6.07, 6.45) is 0. The Bertz CT molecular complexity index is 1030. The van der Waals surface area contributed by atoms with Crippen molar-refractivity contribution >= 4 is 29.1 Å². The number of fused-ring (bicyclic) bond motifs is 1.